The number of amides is 2. The molecule has 1 aliphatic rings. The lowest BCUT2D eigenvalue weighted by Crippen LogP contribution is -2.54. The van der Waals surface area contributed by atoms with Crippen LogP contribution in [0.3, 0.4) is 0 Å². The van der Waals surface area contributed by atoms with Gasteiger partial charge in [0.2, 0.25) is 21.8 Å². The molecule has 42 heavy (non-hydrogen) atoms. The predicted octanol–water partition coefficient (Wildman–Crippen LogP) is 5.41. The zero-order chi connectivity index (χ0) is 30.3. The second-order valence-corrected chi connectivity index (χ2v) is 13.3. The molecule has 4 rings (SSSR count). The van der Waals surface area contributed by atoms with Crippen LogP contribution in [0.15, 0.2) is 78.9 Å². The first kappa shape index (κ1) is 31.2. The van der Waals surface area contributed by atoms with Crippen LogP contribution in [0.5, 0.6) is 0 Å². The van der Waals surface area contributed by atoms with Gasteiger partial charge in [0.1, 0.15) is 18.4 Å². The minimum atomic E-state index is -3.85. The molecule has 0 saturated heterocycles. The van der Waals surface area contributed by atoms with E-state index in [9.17, 15) is 22.4 Å². The summed E-state index contributed by atoms with van der Waals surface area (Å²) in [5, 5.41) is 3.14. The van der Waals surface area contributed by atoms with Crippen molar-refractivity contribution >= 4 is 27.5 Å². The van der Waals surface area contributed by atoms with Gasteiger partial charge in [-0.05, 0) is 59.7 Å². The van der Waals surface area contributed by atoms with Crippen LogP contribution in [0.1, 0.15) is 62.1 Å². The lowest BCUT2D eigenvalue weighted by Gasteiger charge is -2.34. The summed E-state index contributed by atoms with van der Waals surface area (Å²) in [6.07, 6.45) is 5.13. The molecule has 3 aromatic carbocycles. The third-order valence-electron chi connectivity index (χ3n) is 7.77. The highest BCUT2D eigenvalue weighted by molar-refractivity contribution is 7.92. The number of nitrogens with zero attached hydrogens (tertiary/aromatic N) is 2. The maximum Gasteiger partial charge on any atom is 0.244 e. The van der Waals surface area contributed by atoms with E-state index in [4.69, 9.17) is 0 Å². The molecule has 1 saturated carbocycles. The molecule has 0 radical (unpaired) electrons. The van der Waals surface area contributed by atoms with Gasteiger partial charge < -0.3 is 10.2 Å². The number of benzene rings is 3. The fourth-order valence-electron chi connectivity index (χ4n) is 5.35. The van der Waals surface area contributed by atoms with Crippen molar-refractivity contribution in [2.24, 2.45) is 0 Å². The van der Waals surface area contributed by atoms with E-state index in [-0.39, 0.29) is 30.8 Å². The molecule has 1 N–H and O–H groups in total. The van der Waals surface area contributed by atoms with Crippen molar-refractivity contribution in [3.63, 3.8) is 0 Å². The van der Waals surface area contributed by atoms with E-state index >= 15 is 0 Å². The minimum absolute atomic E-state index is 0.0125. The smallest absolute Gasteiger partial charge is 0.244 e. The van der Waals surface area contributed by atoms with E-state index in [1.165, 1.54) is 17.0 Å². The summed E-state index contributed by atoms with van der Waals surface area (Å²) in [6, 6.07) is 21.4. The third-order valence-corrected chi connectivity index (χ3v) is 8.91. The van der Waals surface area contributed by atoms with E-state index in [0.29, 0.717) is 11.3 Å². The zero-order valence-corrected chi connectivity index (χ0v) is 25.3. The Hall–Kier alpha value is -3.72. The molecule has 3 aromatic rings. The maximum absolute atomic E-state index is 14.2. The summed E-state index contributed by atoms with van der Waals surface area (Å²) in [5.41, 5.74) is 2.91. The number of carbonyl (C=O) groups excluding carboxylic acids is 2. The first-order valence-corrected chi connectivity index (χ1v) is 16.3. The van der Waals surface area contributed by atoms with Crippen molar-refractivity contribution in [1.29, 1.82) is 0 Å². The van der Waals surface area contributed by atoms with Gasteiger partial charge in [-0.2, -0.15) is 0 Å². The molecule has 1 fully saturated rings. The van der Waals surface area contributed by atoms with Gasteiger partial charge in [-0.1, -0.05) is 81.3 Å². The summed E-state index contributed by atoms with van der Waals surface area (Å²) in [7, 11) is -3.85. The van der Waals surface area contributed by atoms with Gasteiger partial charge in [0.05, 0.1) is 11.9 Å². The molecule has 0 bridgehead atoms. The Balaban J connectivity index is 1.71. The van der Waals surface area contributed by atoms with Gasteiger partial charge in [-0.3, -0.25) is 13.9 Å². The van der Waals surface area contributed by atoms with Crippen molar-refractivity contribution < 1.29 is 22.4 Å². The summed E-state index contributed by atoms with van der Waals surface area (Å²) in [6.45, 7) is 3.62. The number of nitrogens with one attached hydrogen (secondary N) is 1. The van der Waals surface area contributed by atoms with Gasteiger partial charge in [-0.25, -0.2) is 12.8 Å². The lowest BCUT2D eigenvalue weighted by atomic mass is 10.0. The van der Waals surface area contributed by atoms with Crippen molar-refractivity contribution in [3.05, 3.63) is 101 Å². The lowest BCUT2D eigenvalue weighted by molar-refractivity contribution is -0.140. The summed E-state index contributed by atoms with van der Waals surface area (Å²) >= 11 is 0. The number of carbonyl (C=O) groups is 2. The van der Waals surface area contributed by atoms with Gasteiger partial charge in [0.25, 0.3) is 0 Å². The topological polar surface area (TPSA) is 86.8 Å². The molecular formula is C33H40FN3O4S. The Kier molecular flexibility index (Phi) is 10.4. The van der Waals surface area contributed by atoms with Gasteiger partial charge in [0.15, 0.2) is 0 Å². The molecule has 0 heterocycles. The van der Waals surface area contributed by atoms with E-state index < -0.39 is 34.3 Å². The molecule has 9 heteroatoms. The number of sulfonamides is 1. The van der Waals surface area contributed by atoms with E-state index in [2.05, 4.69) is 5.32 Å². The highest BCUT2D eigenvalue weighted by Gasteiger charge is 2.34. The highest BCUT2D eigenvalue weighted by Crippen LogP contribution is 2.24. The number of rotatable bonds is 12. The maximum atomic E-state index is 14.2. The molecule has 0 aromatic heterocycles. The number of anilines is 1. The average molecular weight is 594 g/mol. The fourth-order valence-corrected chi connectivity index (χ4v) is 6.20. The van der Waals surface area contributed by atoms with E-state index in [0.717, 1.165) is 47.4 Å². The van der Waals surface area contributed by atoms with Crippen LogP contribution in [0, 0.1) is 5.82 Å². The molecule has 1 aliphatic carbocycles. The predicted molar refractivity (Wildman–Crippen MR) is 164 cm³/mol. The monoisotopic (exact) mass is 593 g/mol. The zero-order valence-electron chi connectivity index (χ0n) is 24.5. The average Bonchev–Trinajstić information content (AvgIpc) is 3.47. The number of halogens is 1. The molecule has 1 unspecified atom stereocenters. The van der Waals surface area contributed by atoms with Crippen LogP contribution in [0.4, 0.5) is 10.1 Å². The van der Waals surface area contributed by atoms with Crippen LogP contribution in [-0.4, -0.2) is 50.0 Å². The second kappa shape index (κ2) is 14.0. The van der Waals surface area contributed by atoms with Crippen molar-refractivity contribution in [2.45, 2.75) is 70.5 Å². The molecule has 7 nitrogen and oxygen atoms in total. The molecule has 0 spiro atoms. The molecule has 1 atom stereocenters. The summed E-state index contributed by atoms with van der Waals surface area (Å²) in [5.74, 6) is -0.964. The van der Waals surface area contributed by atoms with Crippen molar-refractivity contribution in [1.82, 2.24) is 10.2 Å². The largest absolute Gasteiger partial charge is 0.352 e. The number of hydrogen-bond donors (Lipinski definition) is 1. The second-order valence-electron chi connectivity index (χ2n) is 11.4. The molecule has 224 valence electrons. The van der Waals surface area contributed by atoms with Crippen molar-refractivity contribution in [2.75, 3.05) is 17.1 Å². The quantitative estimate of drug-likeness (QED) is 0.304. The Labute approximate surface area is 248 Å². The Bertz CT molecular complexity index is 1440. The standard InChI is InChI=1S/C33H40FN3O4S/c1-24(2)27-15-19-30(20-16-27)37(42(3,40)41)23-32(38)36(22-26-13-17-28(34)18-14-26)31(21-25-9-5-4-6-10-25)33(39)35-29-11-7-8-12-29/h4-6,9-10,13-20,24,29,31H,7-8,11-12,21-23H2,1-3H3,(H,35,39). The van der Waals surface area contributed by atoms with Crippen LogP contribution < -0.4 is 9.62 Å². The van der Waals surface area contributed by atoms with Crippen LogP contribution in [0.25, 0.3) is 0 Å². The molecular weight excluding hydrogens is 553 g/mol. The first-order chi connectivity index (χ1) is 20.0. The first-order valence-electron chi connectivity index (χ1n) is 14.5. The molecule has 0 aliphatic heterocycles. The van der Waals surface area contributed by atoms with E-state index in [1.54, 1.807) is 24.3 Å². The van der Waals surface area contributed by atoms with Crippen LogP contribution >= 0.6 is 0 Å². The third kappa shape index (κ3) is 8.41. The van der Waals surface area contributed by atoms with Gasteiger partial charge >= 0.3 is 0 Å². The fraction of sp³-hybridized carbons (Fsp3) is 0.394. The Morgan fingerprint density at radius 1 is 0.905 bits per heavy atom. The summed E-state index contributed by atoms with van der Waals surface area (Å²) < 4.78 is 40.7. The minimum Gasteiger partial charge on any atom is -0.352 e. The Morgan fingerprint density at radius 3 is 2.10 bits per heavy atom. The van der Waals surface area contributed by atoms with Gasteiger partial charge in [0, 0.05) is 19.0 Å². The molecule has 2 amide bonds. The Morgan fingerprint density at radius 2 is 1.52 bits per heavy atom. The summed E-state index contributed by atoms with van der Waals surface area (Å²) in [4.78, 5) is 29.4. The van der Waals surface area contributed by atoms with E-state index in [1.807, 2.05) is 56.3 Å². The highest BCUT2D eigenvalue weighted by atomic mass is 32.2. The van der Waals surface area contributed by atoms with Gasteiger partial charge in [-0.15, -0.1) is 0 Å². The number of hydrogen-bond acceptors (Lipinski definition) is 4. The van der Waals surface area contributed by atoms with Crippen LogP contribution in [-0.2, 0) is 32.6 Å². The van der Waals surface area contributed by atoms with Crippen molar-refractivity contribution in [3.8, 4) is 0 Å². The SMILES string of the molecule is CC(C)c1ccc(N(CC(=O)N(Cc2ccc(F)cc2)C(Cc2ccccc2)C(=O)NC2CCCC2)S(C)(=O)=O)cc1. The van der Waals surface area contributed by atoms with Crippen LogP contribution in [0.2, 0.25) is 0 Å². The normalized spacial score (nSPS) is 14.5.